The molecule has 0 aliphatic carbocycles. The summed E-state index contributed by atoms with van der Waals surface area (Å²) >= 11 is 1.31. The van der Waals surface area contributed by atoms with Gasteiger partial charge in [0.05, 0.1) is 0 Å². The van der Waals surface area contributed by atoms with Gasteiger partial charge in [-0.3, -0.25) is 14.9 Å². The van der Waals surface area contributed by atoms with Gasteiger partial charge in [0.1, 0.15) is 11.0 Å². The van der Waals surface area contributed by atoms with E-state index in [-0.39, 0.29) is 17.7 Å². The highest BCUT2D eigenvalue weighted by atomic mass is 32.1. The van der Waals surface area contributed by atoms with Crippen LogP contribution >= 0.6 is 11.3 Å². The lowest BCUT2D eigenvalue weighted by Gasteiger charge is -2.27. The number of carbonyl (C=O) groups is 2. The first-order valence-corrected chi connectivity index (χ1v) is 9.54. The topological polar surface area (TPSA) is 84.0 Å². The first-order chi connectivity index (χ1) is 12.2. The number of nitrogens with one attached hydrogen (secondary N) is 2. The number of carbonyl (C=O) groups excluding carboxylic acids is 2. The number of nitrogens with zero attached hydrogens (tertiary/aromatic N) is 2. The lowest BCUT2D eigenvalue weighted by molar-refractivity contribution is -0.132. The van der Waals surface area contributed by atoms with E-state index in [4.69, 9.17) is 0 Å². The van der Waals surface area contributed by atoms with Crippen molar-refractivity contribution in [2.24, 2.45) is 11.3 Å². The molecule has 0 aliphatic rings. The number of hydrogen-bond acceptors (Lipinski definition) is 5. The Balaban J connectivity index is 2.12. The third-order valence-electron chi connectivity index (χ3n) is 4.14. The molecule has 2 rings (SSSR count). The molecule has 0 aliphatic heterocycles. The van der Waals surface area contributed by atoms with Crippen molar-refractivity contribution in [2.75, 3.05) is 5.32 Å². The van der Waals surface area contributed by atoms with Gasteiger partial charge < -0.3 is 5.32 Å². The summed E-state index contributed by atoms with van der Waals surface area (Å²) in [7, 11) is 0. The zero-order valence-corrected chi connectivity index (χ0v) is 16.7. The van der Waals surface area contributed by atoms with E-state index in [2.05, 4.69) is 20.8 Å². The van der Waals surface area contributed by atoms with Gasteiger partial charge in [0.15, 0.2) is 0 Å². The monoisotopic (exact) mass is 374 g/mol. The largest absolute Gasteiger partial charge is 0.344 e. The van der Waals surface area contributed by atoms with E-state index in [0.717, 1.165) is 17.0 Å². The van der Waals surface area contributed by atoms with Crippen molar-refractivity contribution in [2.45, 2.75) is 47.1 Å². The summed E-state index contributed by atoms with van der Waals surface area (Å²) in [5.41, 5.74) is 0.389. The molecule has 0 saturated carbocycles. The average Bonchev–Trinajstić information content (AvgIpc) is 3.07. The molecule has 7 heteroatoms. The Morgan fingerprint density at radius 2 is 1.81 bits per heavy atom. The average molecular weight is 375 g/mol. The van der Waals surface area contributed by atoms with Gasteiger partial charge in [-0.2, -0.15) is 0 Å². The lowest BCUT2D eigenvalue weighted by atomic mass is 9.92. The van der Waals surface area contributed by atoms with Gasteiger partial charge in [0, 0.05) is 11.0 Å². The third kappa shape index (κ3) is 5.11. The van der Waals surface area contributed by atoms with E-state index < -0.39 is 11.5 Å². The van der Waals surface area contributed by atoms with Gasteiger partial charge in [-0.25, -0.2) is 0 Å². The molecule has 6 nitrogen and oxygen atoms in total. The Hall–Kier alpha value is -2.28. The summed E-state index contributed by atoms with van der Waals surface area (Å²) in [6.45, 7) is 9.41. The van der Waals surface area contributed by atoms with Crippen LogP contribution in [-0.2, 0) is 9.59 Å². The highest BCUT2D eigenvalue weighted by molar-refractivity contribution is 7.18. The minimum atomic E-state index is -0.615. The summed E-state index contributed by atoms with van der Waals surface area (Å²) in [5.74, 6) is -0.421. The second-order valence-corrected chi connectivity index (χ2v) is 8.33. The zero-order valence-electron chi connectivity index (χ0n) is 15.9. The lowest BCUT2D eigenvalue weighted by Crippen LogP contribution is -2.50. The van der Waals surface area contributed by atoms with Gasteiger partial charge in [-0.15, -0.1) is 10.2 Å². The molecule has 2 N–H and O–H groups in total. The molecule has 2 aromatic rings. The highest BCUT2D eigenvalue weighted by Gasteiger charge is 2.31. The molecular weight excluding hydrogens is 348 g/mol. The molecule has 2 atom stereocenters. The third-order valence-corrected chi connectivity index (χ3v) is 5.03. The smallest absolute Gasteiger partial charge is 0.249 e. The first kappa shape index (κ1) is 20.0. The van der Waals surface area contributed by atoms with Crippen LogP contribution in [0.4, 0.5) is 5.13 Å². The van der Waals surface area contributed by atoms with E-state index in [1.807, 2.05) is 65.0 Å². The minimum absolute atomic E-state index is 0.00261. The van der Waals surface area contributed by atoms with Crippen LogP contribution in [0.2, 0.25) is 0 Å². The molecule has 0 saturated heterocycles. The SMILES string of the molecule is CC[C@H](C)[C@@H](NC(=O)C(C)(C)C)C(=O)Nc1nnc(-c2ccccc2)s1. The van der Waals surface area contributed by atoms with Crippen LogP contribution in [0.1, 0.15) is 41.0 Å². The van der Waals surface area contributed by atoms with E-state index in [1.54, 1.807) is 0 Å². The molecule has 1 aromatic carbocycles. The van der Waals surface area contributed by atoms with Crippen LogP contribution in [0.15, 0.2) is 30.3 Å². The van der Waals surface area contributed by atoms with Gasteiger partial charge in [0.2, 0.25) is 16.9 Å². The van der Waals surface area contributed by atoms with Crippen molar-refractivity contribution in [3.63, 3.8) is 0 Å². The van der Waals surface area contributed by atoms with Crippen molar-refractivity contribution in [1.82, 2.24) is 15.5 Å². The van der Waals surface area contributed by atoms with Crippen molar-refractivity contribution in [1.29, 1.82) is 0 Å². The van der Waals surface area contributed by atoms with E-state index in [9.17, 15) is 9.59 Å². The second kappa shape index (κ2) is 8.40. The molecule has 26 heavy (non-hydrogen) atoms. The Morgan fingerprint density at radius 3 is 2.38 bits per heavy atom. The number of amides is 2. The van der Waals surface area contributed by atoms with Gasteiger partial charge >= 0.3 is 0 Å². The van der Waals surface area contributed by atoms with Crippen LogP contribution in [0.5, 0.6) is 0 Å². The minimum Gasteiger partial charge on any atom is -0.344 e. The Morgan fingerprint density at radius 1 is 1.15 bits per heavy atom. The van der Waals surface area contributed by atoms with Gasteiger partial charge in [-0.1, -0.05) is 82.7 Å². The van der Waals surface area contributed by atoms with E-state index in [1.165, 1.54) is 11.3 Å². The number of rotatable bonds is 6. The Kier molecular flexibility index (Phi) is 6.47. The second-order valence-electron chi connectivity index (χ2n) is 7.35. The van der Waals surface area contributed by atoms with E-state index in [0.29, 0.717) is 5.13 Å². The quantitative estimate of drug-likeness (QED) is 0.807. The maximum Gasteiger partial charge on any atom is 0.249 e. The molecule has 140 valence electrons. The van der Waals surface area contributed by atoms with Crippen LogP contribution in [0.3, 0.4) is 0 Å². The fourth-order valence-corrected chi connectivity index (χ4v) is 2.97. The van der Waals surface area contributed by atoms with Gasteiger partial charge in [-0.05, 0) is 5.92 Å². The van der Waals surface area contributed by atoms with Crippen molar-refractivity contribution >= 4 is 28.3 Å². The fourth-order valence-electron chi connectivity index (χ4n) is 2.21. The summed E-state index contributed by atoms with van der Waals surface area (Å²) in [6.07, 6.45) is 0.772. The molecule has 0 bridgehead atoms. The highest BCUT2D eigenvalue weighted by Crippen LogP contribution is 2.26. The van der Waals surface area contributed by atoms with Crippen LogP contribution < -0.4 is 10.6 Å². The molecule has 1 heterocycles. The summed E-state index contributed by atoms with van der Waals surface area (Å²) in [6, 6.07) is 9.05. The molecule has 0 radical (unpaired) electrons. The Bertz CT molecular complexity index is 752. The molecular formula is C19H26N4O2S. The standard InChI is InChI=1S/C19H26N4O2S/c1-6-12(2)14(20-17(25)19(3,4)5)15(24)21-18-23-22-16(26-18)13-10-8-7-9-11-13/h7-12,14H,6H2,1-5H3,(H,20,25)(H,21,23,24)/t12-,14+/m0/s1. The summed E-state index contributed by atoms with van der Waals surface area (Å²) in [4.78, 5) is 25.1. The Labute approximate surface area is 158 Å². The first-order valence-electron chi connectivity index (χ1n) is 8.73. The summed E-state index contributed by atoms with van der Waals surface area (Å²) in [5, 5.41) is 15.0. The van der Waals surface area contributed by atoms with Crippen LogP contribution in [-0.4, -0.2) is 28.1 Å². The molecule has 0 fully saturated rings. The van der Waals surface area contributed by atoms with Crippen molar-refractivity contribution in [3.05, 3.63) is 30.3 Å². The molecule has 0 spiro atoms. The normalized spacial score (nSPS) is 13.7. The molecule has 1 aromatic heterocycles. The summed E-state index contributed by atoms with van der Waals surface area (Å²) < 4.78 is 0. The van der Waals surface area contributed by atoms with Crippen LogP contribution in [0, 0.1) is 11.3 Å². The predicted octanol–water partition coefficient (Wildman–Crippen LogP) is 3.72. The number of anilines is 1. The maximum atomic E-state index is 12.7. The fraction of sp³-hybridized carbons (Fsp3) is 0.474. The number of aromatic nitrogens is 2. The van der Waals surface area contributed by atoms with Crippen LogP contribution in [0.25, 0.3) is 10.6 Å². The number of hydrogen-bond donors (Lipinski definition) is 2. The van der Waals surface area contributed by atoms with Crippen molar-refractivity contribution < 1.29 is 9.59 Å². The predicted molar refractivity (Wildman–Crippen MR) is 105 cm³/mol. The van der Waals surface area contributed by atoms with Crippen molar-refractivity contribution in [3.8, 4) is 10.6 Å². The van der Waals surface area contributed by atoms with E-state index >= 15 is 0 Å². The molecule has 2 amide bonds. The molecule has 0 unspecified atom stereocenters. The number of benzene rings is 1. The zero-order chi connectivity index (χ0) is 19.3. The maximum absolute atomic E-state index is 12.7. The van der Waals surface area contributed by atoms with Gasteiger partial charge in [0.25, 0.3) is 0 Å².